The second kappa shape index (κ2) is 5.87. The Balaban J connectivity index is 2.10. The van der Waals surface area contributed by atoms with Gasteiger partial charge < -0.3 is 10.1 Å². The molecule has 1 N–H and O–H groups in total. The molecule has 2 rings (SSSR count). The number of hydrogen-bond donors (Lipinski definition) is 1. The van der Waals surface area contributed by atoms with E-state index >= 15 is 0 Å². The van der Waals surface area contributed by atoms with Crippen molar-refractivity contribution in [1.29, 1.82) is 0 Å². The van der Waals surface area contributed by atoms with Gasteiger partial charge in [-0.05, 0) is 43.2 Å². The molecule has 96 valence electrons. The molecule has 17 heavy (non-hydrogen) atoms. The zero-order valence-electron chi connectivity index (χ0n) is 11.0. The summed E-state index contributed by atoms with van der Waals surface area (Å²) < 4.78 is 5.45. The van der Waals surface area contributed by atoms with Crippen LogP contribution in [0.1, 0.15) is 43.5 Å². The number of methoxy groups -OCH3 is 1. The van der Waals surface area contributed by atoms with Crippen LogP contribution in [0, 0.1) is 11.8 Å². The van der Waals surface area contributed by atoms with E-state index in [-0.39, 0.29) is 0 Å². The van der Waals surface area contributed by atoms with Crippen molar-refractivity contribution in [1.82, 2.24) is 5.32 Å². The standard InChI is InChI=1S/C14H23NOS/c1-10-4-6-11(7-5-10)13(15-2)14-12(16-3)8-9-17-14/h8-11,13,15H,4-7H2,1-3H3. The van der Waals surface area contributed by atoms with E-state index in [0.29, 0.717) is 6.04 Å². The molecular weight excluding hydrogens is 230 g/mol. The molecule has 3 heteroatoms. The lowest BCUT2D eigenvalue weighted by molar-refractivity contribution is 0.237. The van der Waals surface area contributed by atoms with Crippen LogP contribution in [0.3, 0.4) is 0 Å². The average molecular weight is 253 g/mol. The van der Waals surface area contributed by atoms with Gasteiger partial charge in [-0.25, -0.2) is 0 Å². The number of rotatable bonds is 4. The SMILES string of the molecule is CNC(c1sccc1OC)C1CCC(C)CC1. The van der Waals surface area contributed by atoms with Gasteiger partial charge in [0.25, 0.3) is 0 Å². The zero-order chi connectivity index (χ0) is 12.3. The first-order chi connectivity index (χ1) is 8.26. The Bertz CT molecular complexity index is 342. The van der Waals surface area contributed by atoms with E-state index < -0.39 is 0 Å². The van der Waals surface area contributed by atoms with Gasteiger partial charge in [0.1, 0.15) is 5.75 Å². The van der Waals surface area contributed by atoms with Crippen molar-refractivity contribution in [2.24, 2.45) is 11.8 Å². The quantitative estimate of drug-likeness (QED) is 0.880. The third-order valence-corrected chi connectivity index (χ3v) is 4.98. The van der Waals surface area contributed by atoms with E-state index in [2.05, 4.69) is 30.7 Å². The van der Waals surface area contributed by atoms with Gasteiger partial charge in [0, 0.05) is 6.04 Å². The molecule has 0 amide bonds. The smallest absolute Gasteiger partial charge is 0.134 e. The van der Waals surface area contributed by atoms with Crippen LogP contribution in [0.4, 0.5) is 0 Å². The van der Waals surface area contributed by atoms with Gasteiger partial charge >= 0.3 is 0 Å². The van der Waals surface area contributed by atoms with E-state index in [0.717, 1.165) is 17.6 Å². The zero-order valence-corrected chi connectivity index (χ0v) is 11.8. The van der Waals surface area contributed by atoms with Crippen LogP contribution in [0.2, 0.25) is 0 Å². The fourth-order valence-electron chi connectivity index (χ4n) is 2.90. The summed E-state index contributed by atoms with van der Waals surface area (Å²) in [6, 6.07) is 2.55. The molecule has 1 aromatic rings. The van der Waals surface area contributed by atoms with Crippen LogP contribution in [-0.4, -0.2) is 14.2 Å². The van der Waals surface area contributed by atoms with Crippen molar-refractivity contribution in [3.8, 4) is 5.75 Å². The summed E-state index contributed by atoms with van der Waals surface area (Å²) in [5, 5.41) is 5.62. The van der Waals surface area contributed by atoms with Crippen molar-refractivity contribution in [3.63, 3.8) is 0 Å². The van der Waals surface area contributed by atoms with Crippen LogP contribution < -0.4 is 10.1 Å². The van der Waals surface area contributed by atoms with Crippen LogP contribution in [-0.2, 0) is 0 Å². The Morgan fingerprint density at radius 1 is 1.35 bits per heavy atom. The lowest BCUT2D eigenvalue weighted by Gasteiger charge is -2.32. The maximum absolute atomic E-state index is 5.45. The summed E-state index contributed by atoms with van der Waals surface area (Å²) in [6.45, 7) is 2.37. The van der Waals surface area contributed by atoms with Gasteiger partial charge in [0.15, 0.2) is 0 Å². The van der Waals surface area contributed by atoms with Gasteiger partial charge in [-0.1, -0.05) is 19.8 Å². The minimum atomic E-state index is 0.470. The van der Waals surface area contributed by atoms with E-state index in [1.54, 1.807) is 7.11 Å². The largest absolute Gasteiger partial charge is 0.496 e. The van der Waals surface area contributed by atoms with E-state index in [1.807, 2.05) is 11.3 Å². The molecule has 1 saturated carbocycles. The highest BCUT2D eigenvalue weighted by molar-refractivity contribution is 7.10. The lowest BCUT2D eigenvalue weighted by atomic mass is 9.79. The summed E-state index contributed by atoms with van der Waals surface area (Å²) >= 11 is 1.81. The van der Waals surface area contributed by atoms with E-state index in [9.17, 15) is 0 Å². The summed E-state index contributed by atoms with van der Waals surface area (Å²) in [6.07, 6.45) is 5.43. The maximum atomic E-state index is 5.45. The molecular formula is C14H23NOS. The molecule has 1 heterocycles. The van der Waals surface area contributed by atoms with E-state index in [4.69, 9.17) is 4.74 Å². The molecule has 1 fully saturated rings. The summed E-state index contributed by atoms with van der Waals surface area (Å²) in [4.78, 5) is 1.37. The fourth-order valence-corrected chi connectivity index (χ4v) is 3.97. The number of thiophene rings is 1. The van der Waals surface area contributed by atoms with Gasteiger partial charge in [-0.2, -0.15) is 0 Å². The highest BCUT2D eigenvalue weighted by atomic mass is 32.1. The van der Waals surface area contributed by atoms with Gasteiger partial charge in [-0.15, -0.1) is 11.3 Å². The highest BCUT2D eigenvalue weighted by Crippen LogP contribution is 2.41. The Morgan fingerprint density at radius 3 is 2.65 bits per heavy atom. The molecule has 0 aliphatic heterocycles. The first-order valence-corrected chi connectivity index (χ1v) is 7.42. The van der Waals surface area contributed by atoms with Crippen LogP contribution >= 0.6 is 11.3 Å². The maximum Gasteiger partial charge on any atom is 0.134 e. The van der Waals surface area contributed by atoms with Gasteiger partial charge in [0.05, 0.1) is 12.0 Å². The van der Waals surface area contributed by atoms with Crippen molar-refractivity contribution in [2.75, 3.05) is 14.2 Å². The second-order valence-electron chi connectivity index (χ2n) is 5.14. The monoisotopic (exact) mass is 253 g/mol. The first kappa shape index (κ1) is 12.9. The molecule has 1 aliphatic rings. The predicted molar refractivity (Wildman–Crippen MR) is 73.8 cm³/mol. The molecule has 0 spiro atoms. The molecule has 0 saturated heterocycles. The van der Waals surface area contributed by atoms with Gasteiger partial charge in [0.2, 0.25) is 0 Å². The minimum absolute atomic E-state index is 0.470. The lowest BCUT2D eigenvalue weighted by Crippen LogP contribution is -2.28. The number of hydrogen-bond acceptors (Lipinski definition) is 3. The van der Waals surface area contributed by atoms with Crippen molar-refractivity contribution in [2.45, 2.75) is 38.6 Å². The molecule has 0 bridgehead atoms. The third kappa shape index (κ3) is 2.83. The molecule has 0 radical (unpaired) electrons. The van der Waals surface area contributed by atoms with Crippen molar-refractivity contribution >= 4 is 11.3 Å². The summed E-state index contributed by atoms with van der Waals surface area (Å²) in [7, 11) is 3.84. The second-order valence-corrected chi connectivity index (χ2v) is 6.09. The Labute approximate surface area is 108 Å². The van der Waals surface area contributed by atoms with Crippen molar-refractivity contribution in [3.05, 3.63) is 16.3 Å². The molecule has 1 atom stereocenters. The summed E-state index contributed by atoms with van der Waals surface area (Å²) in [5.41, 5.74) is 0. The van der Waals surface area contributed by atoms with E-state index in [1.165, 1.54) is 30.6 Å². The topological polar surface area (TPSA) is 21.3 Å². The first-order valence-electron chi connectivity index (χ1n) is 6.55. The van der Waals surface area contributed by atoms with Crippen LogP contribution in [0.5, 0.6) is 5.75 Å². The average Bonchev–Trinajstić information content (AvgIpc) is 2.81. The Kier molecular flexibility index (Phi) is 4.46. The molecule has 0 aromatic carbocycles. The van der Waals surface area contributed by atoms with Gasteiger partial charge in [-0.3, -0.25) is 0 Å². The molecule has 2 nitrogen and oxygen atoms in total. The van der Waals surface area contributed by atoms with Crippen molar-refractivity contribution < 1.29 is 4.74 Å². The third-order valence-electron chi connectivity index (χ3n) is 4.00. The number of ether oxygens (including phenoxy) is 1. The minimum Gasteiger partial charge on any atom is -0.496 e. The molecule has 1 aliphatic carbocycles. The molecule has 1 unspecified atom stereocenters. The highest BCUT2D eigenvalue weighted by Gasteiger charge is 2.28. The Hall–Kier alpha value is -0.540. The summed E-state index contributed by atoms with van der Waals surface area (Å²) in [5.74, 6) is 2.73. The Morgan fingerprint density at radius 2 is 2.06 bits per heavy atom. The van der Waals surface area contributed by atoms with Crippen LogP contribution in [0.25, 0.3) is 0 Å². The normalized spacial score (nSPS) is 26.8. The van der Waals surface area contributed by atoms with Crippen LogP contribution in [0.15, 0.2) is 11.4 Å². The fraction of sp³-hybridized carbons (Fsp3) is 0.714. The molecule has 1 aromatic heterocycles. The predicted octanol–water partition coefficient (Wildman–Crippen LogP) is 3.84. The number of nitrogens with one attached hydrogen (secondary N) is 1.